The van der Waals surface area contributed by atoms with Gasteiger partial charge in [0.2, 0.25) is 0 Å². The summed E-state index contributed by atoms with van der Waals surface area (Å²) in [5, 5.41) is 0. The second-order valence-corrected chi connectivity index (χ2v) is 4.50. The Balaban J connectivity index is 1.99. The first kappa shape index (κ1) is 12.3. The zero-order chi connectivity index (χ0) is 12.3. The summed E-state index contributed by atoms with van der Waals surface area (Å²) in [4.78, 5) is 17.5. The molecule has 2 heterocycles. The van der Waals surface area contributed by atoms with Gasteiger partial charge in [-0.25, -0.2) is 9.78 Å². The van der Waals surface area contributed by atoms with Gasteiger partial charge in [0, 0.05) is 13.1 Å². The third-order valence-electron chi connectivity index (χ3n) is 2.46. The monoisotopic (exact) mass is 300 g/mol. The highest BCUT2D eigenvalue weighted by Crippen LogP contribution is 2.19. The molecule has 0 radical (unpaired) electrons. The molecular weight excluding hydrogens is 288 g/mol. The van der Waals surface area contributed by atoms with E-state index in [0.717, 1.165) is 10.2 Å². The molecule has 6 heteroatoms. The van der Waals surface area contributed by atoms with E-state index < -0.39 is 0 Å². The van der Waals surface area contributed by atoms with Crippen molar-refractivity contribution >= 4 is 22.0 Å². The molecule has 1 amide bonds. The van der Waals surface area contributed by atoms with Crippen LogP contribution >= 0.6 is 15.9 Å². The second-order valence-electron chi connectivity index (χ2n) is 3.75. The van der Waals surface area contributed by atoms with E-state index in [-0.39, 0.29) is 6.09 Å². The molecule has 0 spiro atoms. The third kappa shape index (κ3) is 3.17. The van der Waals surface area contributed by atoms with E-state index >= 15 is 0 Å². The summed E-state index contributed by atoms with van der Waals surface area (Å²) in [6.45, 7) is 4.16. The van der Waals surface area contributed by atoms with E-state index in [9.17, 15) is 4.79 Å². The molecule has 1 aromatic rings. The number of morpholine rings is 1. The average molecular weight is 301 g/mol. The van der Waals surface area contributed by atoms with Gasteiger partial charge >= 0.3 is 6.09 Å². The van der Waals surface area contributed by atoms with Crippen molar-refractivity contribution in [3.8, 4) is 5.75 Å². The fourth-order valence-electron chi connectivity index (χ4n) is 1.50. The number of aryl methyl sites for hydroxylation is 1. The second kappa shape index (κ2) is 5.46. The molecule has 0 bridgehead atoms. The number of amides is 1. The number of pyridine rings is 1. The van der Waals surface area contributed by atoms with Crippen LogP contribution in [0.3, 0.4) is 0 Å². The number of nitrogens with zero attached hydrogens (tertiary/aromatic N) is 2. The molecule has 1 aromatic heterocycles. The third-order valence-corrected chi connectivity index (χ3v) is 3.29. The van der Waals surface area contributed by atoms with E-state index in [1.54, 1.807) is 11.0 Å². The zero-order valence-electron chi connectivity index (χ0n) is 9.48. The number of aromatic nitrogens is 1. The van der Waals surface area contributed by atoms with Crippen molar-refractivity contribution in [2.45, 2.75) is 6.92 Å². The summed E-state index contributed by atoms with van der Waals surface area (Å²) in [5.74, 6) is 0.460. The quantitative estimate of drug-likeness (QED) is 0.744. The van der Waals surface area contributed by atoms with Gasteiger partial charge in [0.05, 0.1) is 19.4 Å². The smallest absolute Gasteiger partial charge is 0.409 e. The number of carbonyl (C=O) groups is 1. The van der Waals surface area contributed by atoms with Crippen LogP contribution in [-0.2, 0) is 4.74 Å². The van der Waals surface area contributed by atoms with Crippen LogP contribution in [0.2, 0.25) is 0 Å². The van der Waals surface area contributed by atoms with Crippen LogP contribution in [0, 0.1) is 6.92 Å². The van der Waals surface area contributed by atoms with Crippen molar-refractivity contribution in [1.82, 2.24) is 9.88 Å². The molecule has 1 saturated heterocycles. The Bertz CT molecular complexity index is 419. The van der Waals surface area contributed by atoms with Crippen LogP contribution < -0.4 is 4.74 Å². The lowest BCUT2D eigenvalue weighted by atomic mass is 10.3. The van der Waals surface area contributed by atoms with Crippen LogP contribution in [0.4, 0.5) is 4.79 Å². The first-order valence-corrected chi connectivity index (χ1v) is 6.13. The normalized spacial score (nSPS) is 15.8. The van der Waals surface area contributed by atoms with Crippen LogP contribution in [0.5, 0.6) is 5.75 Å². The van der Waals surface area contributed by atoms with Gasteiger partial charge in [0.15, 0.2) is 5.75 Å². The summed E-state index contributed by atoms with van der Waals surface area (Å²) in [7, 11) is 0. The Hall–Kier alpha value is -1.14. The Morgan fingerprint density at radius 2 is 2.24 bits per heavy atom. The minimum Gasteiger partial charge on any atom is -0.409 e. The molecule has 0 unspecified atom stereocenters. The van der Waals surface area contributed by atoms with Gasteiger partial charge in [-0.3, -0.25) is 0 Å². The Labute approximate surface area is 108 Å². The number of carbonyl (C=O) groups excluding carboxylic acids is 1. The average Bonchev–Trinajstić information content (AvgIpc) is 2.35. The summed E-state index contributed by atoms with van der Waals surface area (Å²) >= 11 is 3.29. The van der Waals surface area contributed by atoms with Gasteiger partial charge in [-0.05, 0) is 34.5 Å². The van der Waals surface area contributed by atoms with Gasteiger partial charge in [0.1, 0.15) is 4.60 Å². The first-order chi connectivity index (χ1) is 8.16. The van der Waals surface area contributed by atoms with E-state index in [2.05, 4.69) is 20.9 Å². The van der Waals surface area contributed by atoms with Crippen molar-refractivity contribution in [3.63, 3.8) is 0 Å². The number of rotatable bonds is 1. The standard InChI is InChI=1S/C11H13BrN2O3/c1-8-6-9(7-13-10(8)12)17-11(15)14-2-4-16-5-3-14/h6-7H,2-5H2,1H3. The SMILES string of the molecule is Cc1cc(OC(=O)N2CCOCC2)cnc1Br. The molecule has 0 saturated carbocycles. The maximum absolute atomic E-state index is 11.8. The van der Waals surface area contributed by atoms with Crippen LogP contribution in [-0.4, -0.2) is 42.3 Å². The molecule has 0 N–H and O–H groups in total. The van der Waals surface area contributed by atoms with E-state index in [1.165, 1.54) is 6.20 Å². The predicted molar refractivity (Wildman–Crippen MR) is 65.1 cm³/mol. The van der Waals surface area contributed by atoms with E-state index in [4.69, 9.17) is 9.47 Å². The maximum atomic E-state index is 11.8. The molecule has 17 heavy (non-hydrogen) atoms. The number of halogens is 1. The molecule has 1 aliphatic heterocycles. The highest BCUT2D eigenvalue weighted by Gasteiger charge is 2.18. The number of hydrogen-bond acceptors (Lipinski definition) is 4. The van der Waals surface area contributed by atoms with Crippen molar-refractivity contribution in [2.75, 3.05) is 26.3 Å². The minimum atomic E-state index is -0.350. The Morgan fingerprint density at radius 1 is 1.53 bits per heavy atom. The molecule has 2 rings (SSSR count). The van der Waals surface area contributed by atoms with E-state index in [0.29, 0.717) is 32.1 Å². The summed E-state index contributed by atoms with van der Waals surface area (Å²) < 4.78 is 11.2. The molecular formula is C11H13BrN2O3. The van der Waals surface area contributed by atoms with Gasteiger partial charge in [-0.1, -0.05) is 0 Å². The highest BCUT2D eigenvalue weighted by atomic mass is 79.9. The van der Waals surface area contributed by atoms with Gasteiger partial charge in [-0.15, -0.1) is 0 Å². The number of hydrogen-bond donors (Lipinski definition) is 0. The van der Waals surface area contributed by atoms with Crippen molar-refractivity contribution < 1.29 is 14.3 Å². The Kier molecular flexibility index (Phi) is 3.96. The molecule has 0 aromatic carbocycles. The van der Waals surface area contributed by atoms with E-state index in [1.807, 2.05) is 6.92 Å². The zero-order valence-corrected chi connectivity index (χ0v) is 11.1. The molecule has 0 aliphatic carbocycles. The summed E-state index contributed by atoms with van der Waals surface area (Å²) in [5.41, 5.74) is 0.928. The molecule has 5 nitrogen and oxygen atoms in total. The van der Waals surface area contributed by atoms with Crippen LogP contribution in [0.15, 0.2) is 16.9 Å². The van der Waals surface area contributed by atoms with Crippen molar-refractivity contribution in [1.29, 1.82) is 0 Å². The predicted octanol–water partition coefficient (Wildman–Crippen LogP) is 1.98. The van der Waals surface area contributed by atoms with Gasteiger partial charge in [-0.2, -0.15) is 0 Å². The fourth-order valence-corrected chi connectivity index (χ4v) is 1.72. The minimum absolute atomic E-state index is 0.350. The lowest BCUT2D eigenvalue weighted by molar-refractivity contribution is 0.0415. The molecule has 0 atom stereocenters. The Morgan fingerprint density at radius 3 is 2.88 bits per heavy atom. The van der Waals surface area contributed by atoms with Gasteiger partial charge in [0.25, 0.3) is 0 Å². The van der Waals surface area contributed by atoms with Gasteiger partial charge < -0.3 is 14.4 Å². The fraction of sp³-hybridized carbons (Fsp3) is 0.455. The highest BCUT2D eigenvalue weighted by molar-refractivity contribution is 9.10. The summed E-state index contributed by atoms with van der Waals surface area (Å²) in [6, 6.07) is 1.77. The van der Waals surface area contributed by atoms with Crippen molar-refractivity contribution in [2.24, 2.45) is 0 Å². The molecule has 1 aliphatic rings. The summed E-state index contributed by atoms with van der Waals surface area (Å²) in [6.07, 6.45) is 1.17. The number of ether oxygens (including phenoxy) is 2. The lowest BCUT2D eigenvalue weighted by Gasteiger charge is -2.25. The lowest BCUT2D eigenvalue weighted by Crippen LogP contribution is -2.42. The van der Waals surface area contributed by atoms with Crippen LogP contribution in [0.25, 0.3) is 0 Å². The van der Waals surface area contributed by atoms with Crippen molar-refractivity contribution in [3.05, 3.63) is 22.4 Å². The van der Waals surface area contributed by atoms with Crippen LogP contribution in [0.1, 0.15) is 5.56 Å². The topological polar surface area (TPSA) is 51.7 Å². The molecule has 92 valence electrons. The largest absolute Gasteiger partial charge is 0.415 e. The molecule has 1 fully saturated rings. The first-order valence-electron chi connectivity index (χ1n) is 5.33. The maximum Gasteiger partial charge on any atom is 0.415 e.